The summed E-state index contributed by atoms with van der Waals surface area (Å²) in [5, 5.41) is 0.524. The SMILES string of the molecule is CCC(=O)S[C@H]1CC2=CC(=O)CCC2(C)C2CCC3(C)C(C4CC4[C@]34CCC(=O)O4)C21. The number of carbonyl (C=O) groups excluding carboxylic acids is 3. The van der Waals surface area contributed by atoms with Gasteiger partial charge in [0.25, 0.3) is 0 Å². The zero-order valence-corrected chi connectivity index (χ0v) is 19.8. The van der Waals surface area contributed by atoms with Crippen molar-refractivity contribution in [2.45, 2.75) is 89.4 Å². The molecule has 1 heterocycles. The molecule has 7 unspecified atom stereocenters. The minimum Gasteiger partial charge on any atom is -0.458 e. The lowest BCUT2D eigenvalue weighted by atomic mass is 9.45. The van der Waals surface area contributed by atoms with Gasteiger partial charge in [0.15, 0.2) is 10.9 Å². The first-order chi connectivity index (χ1) is 14.7. The highest BCUT2D eigenvalue weighted by Crippen LogP contribution is 2.79. The van der Waals surface area contributed by atoms with Gasteiger partial charge in [0.05, 0.1) is 0 Å². The highest BCUT2D eigenvalue weighted by molar-refractivity contribution is 8.14. The molecule has 6 rings (SSSR count). The second kappa shape index (κ2) is 6.48. The monoisotopic (exact) mass is 442 g/mol. The van der Waals surface area contributed by atoms with Crippen LogP contribution < -0.4 is 0 Å². The first-order valence-corrected chi connectivity index (χ1v) is 13.3. The van der Waals surface area contributed by atoms with Crippen molar-refractivity contribution >= 4 is 28.6 Å². The predicted molar refractivity (Wildman–Crippen MR) is 119 cm³/mol. The Morgan fingerprint density at radius 2 is 1.97 bits per heavy atom. The van der Waals surface area contributed by atoms with E-state index in [4.69, 9.17) is 4.74 Å². The molecule has 1 aliphatic heterocycles. The Labute approximate surface area is 189 Å². The van der Waals surface area contributed by atoms with Gasteiger partial charge in [-0.3, -0.25) is 14.4 Å². The van der Waals surface area contributed by atoms with E-state index in [9.17, 15) is 14.4 Å². The van der Waals surface area contributed by atoms with E-state index in [-0.39, 0.29) is 38.5 Å². The Kier molecular flexibility index (Phi) is 4.29. The molecule has 5 fully saturated rings. The van der Waals surface area contributed by atoms with Crippen molar-refractivity contribution in [2.75, 3.05) is 0 Å². The molecular formula is C26H34O4S. The zero-order chi connectivity index (χ0) is 21.8. The van der Waals surface area contributed by atoms with Crippen molar-refractivity contribution < 1.29 is 19.1 Å². The number of ether oxygens (including phenoxy) is 1. The van der Waals surface area contributed by atoms with Crippen molar-refractivity contribution in [3.8, 4) is 0 Å². The Bertz CT molecular complexity index is 909. The molecule has 4 nitrogen and oxygen atoms in total. The summed E-state index contributed by atoms with van der Waals surface area (Å²) < 4.78 is 6.23. The van der Waals surface area contributed by atoms with Crippen molar-refractivity contribution in [1.29, 1.82) is 0 Å². The maximum absolute atomic E-state index is 12.6. The van der Waals surface area contributed by atoms with Crippen LogP contribution in [0.15, 0.2) is 11.6 Å². The van der Waals surface area contributed by atoms with Gasteiger partial charge < -0.3 is 4.74 Å². The summed E-state index contributed by atoms with van der Waals surface area (Å²) in [7, 11) is 0. The summed E-state index contributed by atoms with van der Waals surface area (Å²) in [6.45, 7) is 6.77. The van der Waals surface area contributed by atoms with E-state index in [0.717, 1.165) is 32.1 Å². The van der Waals surface area contributed by atoms with Crippen molar-refractivity contribution in [3.05, 3.63) is 11.6 Å². The highest BCUT2D eigenvalue weighted by atomic mass is 32.2. The number of thioether (sulfide) groups is 1. The van der Waals surface area contributed by atoms with E-state index in [1.54, 1.807) is 11.8 Å². The van der Waals surface area contributed by atoms with Crippen LogP contribution in [0.25, 0.3) is 0 Å². The van der Waals surface area contributed by atoms with Crippen LogP contribution in [-0.4, -0.2) is 27.7 Å². The number of ketones is 1. The van der Waals surface area contributed by atoms with Crippen molar-refractivity contribution in [1.82, 2.24) is 0 Å². The van der Waals surface area contributed by atoms with Crippen LogP contribution in [0.5, 0.6) is 0 Å². The fourth-order valence-electron chi connectivity index (χ4n) is 9.22. The molecule has 1 saturated heterocycles. The Hall–Kier alpha value is -1.10. The molecule has 5 heteroatoms. The van der Waals surface area contributed by atoms with Gasteiger partial charge in [-0.25, -0.2) is 0 Å². The van der Waals surface area contributed by atoms with E-state index < -0.39 is 0 Å². The van der Waals surface area contributed by atoms with Gasteiger partial charge in [-0.05, 0) is 73.7 Å². The van der Waals surface area contributed by atoms with Crippen molar-refractivity contribution in [3.63, 3.8) is 0 Å². The third-order valence-electron chi connectivity index (χ3n) is 10.7. The lowest BCUT2D eigenvalue weighted by Crippen LogP contribution is -2.59. The fourth-order valence-corrected chi connectivity index (χ4v) is 10.5. The predicted octanol–water partition coefficient (Wildman–Crippen LogP) is 5.10. The van der Waals surface area contributed by atoms with E-state index >= 15 is 0 Å². The molecule has 1 spiro atoms. The van der Waals surface area contributed by atoms with Gasteiger partial charge in [0.2, 0.25) is 0 Å². The van der Waals surface area contributed by atoms with E-state index in [0.29, 0.717) is 48.9 Å². The average molecular weight is 443 g/mol. The number of esters is 1. The summed E-state index contributed by atoms with van der Waals surface area (Å²) in [6, 6.07) is 0. The lowest BCUT2D eigenvalue weighted by molar-refractivity contribution is -0.176. The van der Waals surface area contributed by atoms with Gasteiger partial charge >= 0.3 is 5.97 Å². The summed E-state index contributed by atoms with van der Waals surface area (Å²) in [5.41, 5.74) is 1.17. The number of rotatable bonds is 2. The summed E-state index contributed by atoms with van der Waals surface area (Å²) >= 11 is 1.56. The molecule has 31 heavy (non-hydrogen) atoms. The van der Waals surface area contributed by atoms with Gasteiger partial charge in [0, 0.05) is 35.8 Å². The van der Waals surface area contributed by atoms with Crippen molar-refractivity contribution in [2.24, 2.45) is 40.4 Å². The standard InChI is InChI=1S/C26H34O4S/c1-4-21(29)31-19-12-14-11-15(27)5-8-24(14,2)17-6-9-25(3)23(22(17)19)16-13-18(16)26(25)10-7-20(28)30-26/h11,16-19,22-23H,4-10,12-13H2,1-3H3/t16?,17?,18?,19-,22?,23?,24?,25?,26+/m0/s1. The number of hydrogen-bond donors (Lipinski definition) is 0. The first-order valence-electron chi connectivity index (χ1n) is 12.4. The first kappa shape index (κ1) is 20.5. The second-order valence-corrected chi connectivity index (χ2v) is 13.0. The molecule has 4 saturated carbocycles. The topological polar surface area (TPSA) is 60.4 Å². The third-order valence-corrected chi connectivity index (χ3v) is 12.0. The smallest absolute Gasteiger partial charge is 0.306 e. The molecule has 0 aromatic carbocycles. The van der Waals surface area contributed by atoms with Crippen LogP contribution in [-0.2, 0) is 19.1 Å². The lowest BCUT2D eigenvalue weighted by Gasteiger charge is -2.62. The largest absolute Gasteiger partial charge is 0.458 e. The molecule has 9 atom stereocenters. The van der Waals surface area contributed by atoms with E-state index in [1.807, 2.05) is 13.0 Å². The number of fused-ring (bicyclic) bond motifs is 9. The molecule has 168 valence electrons. The van der Waals surface area contributed by atoms with E-state index in [1.165, 1.54) is 12.0 Å². The molecule has 5 aliphatic carbocycles. The molecule has 0 radical (unpaired) electrons. The summed E-state index contributed by atoms with van der Waals surface area (Å²) in [5.74, 6) is 2.95. The Morgan fingerprint density at radius 3 is 2.68 bits per heavy atom. The number of allylic oxidation sites excluding steroid dienone is 1. The van der Waals surface area contributed by atoms with Crippen LogP contribution in [0.4, 0.5) is 0 Å². The molecule has 0 bridgehead atoms. The highest BCUT2D eigenvalue weighted by Gasteiger charge is 2.79. The maximum Gasteiger partial charge on any atom is 0.306 e. The van der Waals surface area contributed by atoms with Gasteiger partial charge in [-0.15, -0.1) is 0 Å². The van der Waals surface area contributed by atoms with Gasteiger partial charge in [-0.2, -0.15) is 0 Å². The van der Waals surface area contributed by atoms with Gasteiger partial charge in [0.1, 0.15) is 5.60 Å². The minimum atomic E-state index is -0.256. The number of carbonyl (C=O) groups is 3. The second-order valence-electron chi connectivity index (χ2n) is 11.7. The van der Waals surface area contributed by atoms with E-state index in [2.05, 4.69) is 13.8 Å². The Balaban J connectivity index is 1.44. The molecule has 0 aromatic rings. The van der Waals surface area contributed by atoms with Crippen LogP contribution in [0, 0.1) is 40.4 Å². The van der Waals surface area contributed by atoms with Crippen LogP contribution >= 0.6 is 11.8 Å². The maximum atomic E-state index is 12.6. The minimum absolute atomic E-state index is 0.00615. The summed E-state index contributed by atoms with van der Waals surface area (Å²) in [6.07, 6.45) is 9.85. The third kappa shape index (κ3) is 2.53. The Morgan fingerprint density at radius 1 is 1.16 bits per heavy atom. The van der Waals surface area contributed by atoms with Crippen LogP contribution in [0.2, 0.25) is 0 Å². The van der Waals surface area contributed by atoms with Crippen LogP contribution in [0.1, 0.15) is 78.6 Å². The average Bonchev–Trinajstić information content (AvgIpc) is 3.37. The summed E-state index contributed by atoms with van der Waals surface area (Å²) in [4.78, 5) is 37.2. The molecule has 6 aliphatic rings. The number of hydrogen-bond acceptors (Lipinski definition) is 5. The fraction of sp³-hybridized carbons (Fsp3) is 0.808. The molecule has 0 N–H and O–H groups in total. The molecular weight excluding hydrogens is 408 g/mol. The molecule has 0 amide bonds. The van der Waals surface area contributed by atoms with Gasteiger partial charge in [-0.1, -0.05) is 38.1 Å². The normalized spacial score (nSPS) is 52.0. The zero-order valence-electron chi connectivity index (χ0n) is 18.9. The van der Waals surface area contributed by atoms with Crippen LogP contribution in [0.3, 0.4) is 0 Å². The molecule has 0 aromatic heterocycles. The quantitative estimate of drug-likeness (QED) is 0.557.